The second kappa shape index (κ2) is 5.81. The largest absolute Gasteiger partial charge is 0.482 e. The molecule has 1 amide bonds. The van der Waals surface area contributed by atoms with Crippen LogP contribution in [0.1, 0.15) is 18.4 Å². The lowest BCUT2D eigenvalue weighted by molar-refractivity contribution is -0.121. The number of aliphatic hydroxyl groups excluding tert-OH is 1. The average Bonchev–Trinajstić information content (AvgIpc) is 2.99. The maximum atomic E-state index is 12.1. The topological polar surface area (TPSA) is 53.0 Å². The fourth-order valence-electron chi connectivity index (χ4n) is 2.84. The number of benzene rings is 1. The molecule has 1 fully saturated rings. The predicted molar refractivity (Wildman–Crippen MR) is 75.9 cm³/mol. The number of amides is 1. The quantitative estimate of drug-likeness (QED) is 0.891. The Morgan fingerprint density at radius 1 is 1.20 bits per heavy atom. The first-order chi connectivity index (χ1) is 9.78. The van der Waals surface area contributed by atoms with E-state index in [-0.39, 0.29) is 19.1 Å². The highest BCUT2D eigenvalue weighted by molar-refractivity contribution is 5.97. The van der Waals surface area contributed by atoms with Gasteiger partial charge in [0.2, 0.25) is 0 Å². The number of aliphatic hydroxyl groups is 1. The number of carbonyl (C=O) groups is 1. The fraction of sp³-hybridized carbons (Fsp3) is 0.533. The standard InChI is InChI=1S/C15H20N2O3/c18-10-12-3-4-14-13(9-12)17(15(19)11-20-14)8-7-16-5-1-2-6-16/h3-4,9,18H,1-2,5-8,10-11H2. The van der Waals surface area contributed by atoms with E-state index in [4.69, 9.17) is 4.74 Å². The molecule has 1 saturated heterocycles. The summed E-state index contributed by atoms with van der Waals surface area (Å²) in [5, 5.41) is 9.24. The molecule has 5 nitrogen and oxygen atoms in total. The molecule has 1 aromatic rings. The second-order valence-electron chi connectivity index (χ2n) is 5.34. The number of anilines is 1. The van der Waals surface area contributed by atoms with Gasteiger partial charge in [-0.25, -0.2) is 0 Å². The van der Waals surface area contributed by atoms with Crippen molar-refractivity contribution in [1.82, 2.24) is 4.90 Å². The van der Waals surface area contributed by atoms with E-state index in [1.165, 1.54) is 12.8 Å². The number of nitrogens with zero attached hydrogens (tertiary/aromatic N) is 2. The van der Waals surface area contributed by atoms with E-state index in [9.17, 15) is 9.90 Å². The number of ether oxygens (including phenoxy) is 1. The van der Waals surface area contributed by atoms with E-state index >= 15 is 0 Å². The van der Waals surface area contributed by atoms with Gasteiger partial charge in [0.15, 0.2) is 6.61 Å². The Kier molecular flexibility index (Phi) is 3.89. The summed E-state index contributed by atoms with van der Waals surface area (Å²) in [5.41, 5.74) is 1.58. The SMILES string of the molecule is O=C1COc2ccc(CO)cc2N1CCN1CCCC1. The molecule has 0 aromatic heterocycles. The molecule has 1 N–H and O–H groups in total. The lowest BCUT2D eigenvalue weighted by atomic mass is 10.1. The molecule has 1 aromatic carbocycles. The molecule has 2 heterocycles. The van der Waals surface area contributed by atoms with Crippen molar-refractivity contribution in [2.24, 2.45) is 0 Å². The Morgan fingerprint density at radius 2 is 2.00 bits per heavy atom. The molecular weight excluding hydrogens is 256 g/mol. The van der Waals surface area contributed by atoms with Gasteiger partial charge in [-0.15, -0.1) is 0 Å². The first-order valence-corrected chi connectivity index (χ1v) is 7.17. The normalized spacial score (nSPS) is 19.1. The van der Waals surface area contributed by atoms with E-state index in [2.05, 4.69) is 4.90 Å². The van der Waals surface area contributed by atoms with Crippen molar-refractivity contribution in [3.05, 3.63) is 23.8 Å². The number of fused-ring (bicyclic) bond motifs is 1. The summed E-state index contributed by atoms with van der Waals surface area (Å²) in [6.07, 6.45) is 2.50. The minimum absolute atomic E-state index is 0.00760. The molecule has 0 aliphatic carbocycles. The van der Waals surface area contributed by atoms with Crippen LogP contribution in [0.2, 0.25) is 0 Å². The summed E-state index contributed by atoms with van der Waals surface area (Å²) in [5.74, 6) is 0.718. The number of hydrogen-bond acceptors (Lipinski definition) is 4. The first-order valence-electron chi connectivity index (χ1n) is 7.17. The Balaban J connectivity index is 1.77. The van der Waals surface area contributed by atoms with Crippen LogP contribution in [0.25, 0.3) is 0 Å². The van der Waals surface area contributed by atoms with Gasteiger partial charge in [-0.05, 0) is 43.6 Å². The van der Waals surface area contributed by atoms with Crippen molar-refractivity contribution in [2.45, 2.75) is 19.4 Å². The van der Waals surface area contributed by atoms with Crippen molar-refractivity contribution in [3.63, 3.8) is 0 Å². The van der Waals surface area contributed by atoms with Gasteiger partial charge >= 0.3 is 0 Å². The Bertz CT molecular complexity index is 498. The van der Waals surface area contributed by atoms with E-state index in [0.29, 0.717) is 6.54 Å². The van der Waals surface area contributed by atoms with Gasteiger partial charge in [-0.3, -0.25) is 4.79 Å². The van der Waals surface area contributed by atoms with Crippen LogP contribution in [0.4, 0.5) is 5.69 Å². The van der Waals surface area contributed by atoms with Crippen LogP contribution < -0.4 is 9.64 Å². The van der Waals surface area contributed by atoms with Crippen LogP contribution in [0.5, 0.6) is 5.75 Å². The minimum atomic E-state index is -0.0264. The molecule has 0 spiro atoms. The maximum Gasteiger partial charge on any atom is 0.265 e. The molecule has 0 bridgehead atoms. The predicted octanol–water partition coefficient (Wildman–Crippen LogP) is 1.00. The van der Waals surface area contributed by atoms with E-state index in [1.807, 2.05) is 18.2 Å². The van der Waals surface area contributed by atoms with Crippen molar-refractivity contribution < 1.29 is 14.6 Å². The molecular formula is C15H20N2O3. The molecule has 108 valence electrons. The smallest absolute Gasteiger partial charge is 0.265 e. The maximum absolute atomic E-state index is 12.1. The summed E-state index contributed by atoms with van der Waals surface area (Å²) in [6.45, 7) is 3.91. The van der Waals surface area contributed by atoms with Crippen molar-refractivity contribution in [2.75, 3.05) is 37.7 Å². The molecule has 3 rings (SSSR count). The Labute approximate surface area is 118 Å². The van der Waals surface area contributed by atoms with Gasteiger partial charge in [0, 0.05) is 13.1 Å². The second-order valence-corrected chi connectivity index (χ2v) is 5.34. The molecule has 2 aliphatic heterocycles. The van der Waals surface area contributed by atoms with Gasteiger partial charge in [-0.2, -0.15) is 0 Å². The average molecular weight is 276 g/mol. The third-order valence-corrected chi connectivity index (χ3v) is 3.99. The Morgan fingerprint density at radius 3 is 2.75 bits per heavy atom. The summed E-state index contributed by atoms with van der Waals surface area (Å²) in [7, 11) is 0. The molecule has 0 atom stereocenters. The number of rotatable bonds is 4. The lowest BCUT2D eigenvalue weighted by Crippen LogP contribution is -2.43. The van der Waals surface area contributed by atoms with Crippen LogP contribution in [0, 0.1) is 0 Å². The zero-order chi connectivity index (χ0) is 13.9. The molecule has 5 heteroatoms. The van der Waals surface area contributed by atoms with Gasteiger partial charge in [0.1, 0.15) is 5.75 Å². The molecule has 0 radical (unpaired) electrons. The third-order valence-electron chi connectivity index (χ3n) is 3.99. The number of carbonyl (C=O) groups excluding carboxylic acids is 1. The van der Waals surface area contributed by atoms with E-state index in [0.717, 1.165) is 36.6 Å². The van der Waals surface area contributed by atoms with Gasteiger partial charge in [-0.1, -0.05) is 6.07 Å². The van der Waals surface area contributed by atoms with Crippen molar-refractivity contribution >= 4 is 11.6 Å². The van der Waals surface area contributed by atoms with Gasteiger partial charge < -0.3 is 19.6 Å². The number of hydrogen-bond donors (Lipinski definition) is 1. The van der Waals surface area contributed by atoms with Gasteiger partial charge in [0.25, 0.3) is 5.91 Å². The number of likely N-dealkylation sites (tertiary alicyclic amines) is 1. The van der Waals surface area contributed by atoms with E-state index < -0.39 is 0 Å². The van der Waals surface area contributed by atoms with Crippen molar-refractivity contribution in [3.8, 4) is 5.75 Å². The molecule has 0 unspecified atom stereocenters. The molecule has 2 aliphatic rings. The monoisotopic (exact) mass is 276 g/mol. The van der Waals surface area contributed by atoms with Crippen LogP contribution in [0.15, 0.2) is 18.2 Å². The highest BCUT2D eigenvalue weighted by Crippen LogP contribution is 2.33. The Hall–Kier alpha value is -1.59. The van der Waals surface area contributed by atoms with Crippen molar-refractivity contribution in [1.29, 1.82) is 0 Å². The third kappa shape index (κ3) is 2.64. The first kappa shape index (κ1) is 13.4. The summed E-state index contributed by atoms with van der Waals surface area (Å²) >= 11 is 0. The summed E-state index contributed by atoms with van der Waals surface area (Å²) in [6, 6.07) is 5.50. The molecule has 0 saturated carbocycles. The zero-order valence-electron chi connectivity index (χ0n) is 11.5. The highest BCUT2D eigenvalue weighted by atomic mass is 16.5. The van der Waals surface area contributed by atoms with E-state index in [1.54, 1.807) is 4.90 Å². The fourth-order valence-corrected chi connectivity index (χ4v) is 2.84. The van der Waals surface area contributed by atoms with Crippen LogP contribution in [0.3, 0.4) is 0 Å². The van der Waals surface area contributed by atoms with Crippen LogP contribution in [-0.2, 0) is 11.4 Å². The molecule has 20 heavy (non-hydrogen) atoms. The summed E-state index contributed by atoms with van der Waals surface area (Å²) in [4.78, 5) is 16.3. The van der Waals surface area contributed by atoms with Gasteiger partial charge in [0.05, 0.1) is 12.3 Å². The zero-order valence-corrected chi connectivity index (χ0v) is 11.5. The lowest BCUT2D eigenvalue weighted by Gasteiger charge is -2.31. The minimum Gasteiger partial charge on any atom is -0.482 e. The van der Waals surface area contributed by atoms with Crippen LogP contribution in [-0.4, -0.2) is 48.7 Å². The van der Waals surface area contributed by atoms with Crippen LogP contribution >= 0.6 is 0 Å². The highest BCUT2D eigenvalue weighted by Gasteiger charge is 2.26. The summed E-state index contributed by atoms with van der Waals surface area (Å²) < 4.78 is 5.45.